The van der Waals surface area contributed by atoms with Gasteiger partial charge in [0.15, 0.2) is 0 Å². The van der Waals surface area contributed by atoms with E-state index in [9.17, 15) is 4.79 Å². The van der Waals surface area contributed by atoms with Gasteiger partial charge in [-0.15, -0.1) is 0 Å². The first-order valence-electron chi connectivity index (χ1n) is 9.53. The Kier molecular flexibility index (Phi) is 7.64. The summed E-state index contributed by atoms with van der Waals surface area (Å²) in [4.78, 5) is 12.3. The number of esters is 1. The summed E-state index contributed by atoms with van der Waals surface area (Å²) in [5, 5.41) is 0. The van der Waals surface area contributed by atoms with Crippen molar-refractivity contribution in [3.8, 4) is 5.75 Å². The van der Waals surface area contributed by atoms with E-state index < -0.39 is 0 Å². The Morgan fingerprint density at radius 3 is 2.26 bits per heavy atom. The molecule has 2 heteroatoms. The Bertz CT molecular complexity index is 455. The second kappa shape index (κ2) is 9.75. The van der Waals surface area contributed by atoms with Crippen LogP contribution in [0.2, 0.25) is 0 Å². The smallest absolute Gasteiger partial charge is 0.314 e. The lowest BCUT2D eigenvalue weighted by atomic mass is 9.80. The zero-order chi connectivity index (χ0) is 16.5. The van der Waals surface area contributed by atoms with Gasteiger partial charge in [0.05, 0.1) is 5.92 Å². The van der Waals surface area contributed by atoms with Gasteiger partial charge >= 0.3 is 5.97 Å². The van der Waals surface area contributed by atoms with E-state index in [1.807, 2.05) is 12.1 Å². The Balaban J connectivity index is 1.76. The molecule has 1 fully saturated rings. The summed E-state index contributed by atoms with van der Waals surface area (Å²) < 4.78 is 5.59. The van der Waals surface area contributed by atoms with Crippen molar-refractivity contribution in [2.24, 2.45) is 11.8 Å². The molecule has 2 rings (SSSR count). The fourth-order valence-electron chi connectivity index (χ4n) is 3.48. The highest BCUT2D eigenvalue weighted by Gasteiger charge is 2.27. The topological polar surface area (TPSA) is 26.3 Å². The van der Waals surface area contributed by atoms with Gasteiger partial charge in [0.2, 0.25) is 0 Å². The van der Waals surface area contributed by atoms with Crippen LogP contribution in [0.3, 0.4) is 0 Å². The largest absolute Gasteiger partial charge is 0.426 e. The Morgan fingerprint density at radius 1 is 1.00 bits per heavy atom. The maximum atomic E-state index is 12.3. The molecular formula is C21H32O2. The predicted octanol–water partition coefficient (Wildman–Crippen LogP) is 5.93. The van der Waals surface area contributed by atoms with Crippen LogP contribution in [-0.2, 0) is 11.2 Å². The van der Waals surface area contributed by atoms with Crippen molar-refractivity contribution in [3.63, 3.8) is 0 Å². The number of carbonyl (C=O) groups is 1. The highest BCUT2D eigenvalue weighted by molar-refractivity contribution is 5.75. The minimum absolute atomic E-state index is 0.0275. The van der Waals surface area contributed by atoms with Gasteiger partial charge < -0.3 is 4.74 Å². The maximum absolute atomic E-state index is 12.3. The quantitative estimate of drug-likeness (QED) is 0.439. The monoisotopic (exact) mass is 316 g/mol. The fraction of sp³-hybridized carbons (Fsp3) is 0.667. The molecule has 0 heterocycles. The fourth-order valence-corrected chi connectivity index (χ4v) is 3.48. The lowest BCUT2D eigenvalue weighted by molar-refractivity contribution is -0.140. The van der Waals surface area contributed by atoms with Crippen molar-refractivity contribution in [3.05, 3.63) is 29.8 Å². The molecule has 0 radical (unpaired) electrons. The van der Waals surface area contributed by atoms with Crippen LogP contribution in [0.5, 0.6) is 5.75 Å². The van der Waals surface area contributed by atoms with Gasteiger partial charge in [-0.05, 0) is 62.1 Å². The van der Waals surface area contributed by atoms with Crippen molar-refractivity contribution in [2.75, 3.05) is 0 Å². The van der Waals surface area contributed by atoms with E-state index in [-0.39, 0.29) is 11.9 Å². The Labute approximate surface area is 141 Å². The number of benzene rings is 1. The van der Waals surface area contributed by atoms with Crippen molar-refractivity contribution >= 4 is 5.97 Å². The molecule has 23 heavy (non-hydrogen) atoms. The van der Waals surface area contributed by atoms with Gasteiger partial charge in [-0.3, -0.25) is 4.79 Å². The van der Waals surface area contributed by atoms with Gasteiger partial charge in [0.1, 0.15) is 5.75 Å². The molecule has 0 saturated heterocycles. The van der Waals surface area contributed by atoms with Gasteiger partial charge in [-0.25, -0.2) is 0 Å². The minimum Gasteiger partial charge on any atom is -0.426 e. The Morgan fingerprint density at radius 2 is 1.65 bits per heavy atom. The summed E-state index contributed by atoms with van der Waals surface area (Å²) >= 11 is 0. The third-order valence-electron chi connectivity index (χ3n) is 5.11. The third-order valence-corrected chi connectivity index (χ3v) is 5.11. The summed E-state index contributed by atoms with van der Waals surface area (Å²) in [5.41, 5.74) is 1.32. The molecule has 1 saturated carbocycles. The summed E-state index contributed by atoms with van der Waals surface area (Å²) in [7, 11) is 0. The van der Waals surface area contributed by atoms with Gasteiger partial charge in [-0.2, -0.15) is 0 Å². The number of unbranched alkanes of at least 4 members (excludes halogenated alkanes) is 2. The molecule has 1 aromatic carbocycles. The molecule has 0 aliphatic heterocycles. The van der Waals surface area contributed by atoms with E-state index in [0.717, 1.165) is 25.2 Å². The number of hydrogen-bond donors (Lipinski definition) is 0. The van der Waals surface area contributed by atoms with Crippen LogP contribution < -0.4 is 4.74 Å². The third kappa shape index (κ3) is 6.01. The normalized spacial score (nSPS) is 21.1. The molecular weight excluding hydrogens is 284 g/mol. The average molecular weight is 316 g/mol. The summed E-state index contributed by atoms with van der Waals surface area (Å²) in [6.45, 7) is 4.45. The molecule has 128 valence electrons. The second-order valence-electron chi connectivity index (χ2n) is 7.03. The first-order valence-corrected chi connectivity index (χ1v) is 9.53. The number of aryl methyl sites for hydroxylation is 1. The molecule has 0 spiro atoms. The van der Waals surface area contributed by atoms with Crippen LogP contribution in [0.15, 0.2) is 24.3 Å². The lowest BCUT2D eigenvalue weighted by Crippen LogP contribution is -2.25. The second-order valence-corrected chi connectivity index (χ2v) is 7.03. The molecule has 1 aliphatic carbocycles. The predicted molar refractivity (Wildman–Crippen MR) is 95.7 cm³/mol. The zero-order valence-electron chi connectivity index (χ0n) is 14.9. The minimum atomic E-state index is -0.0275. The molecule has 0 aromatic heterocycles. The van der Waals surface area contributed by atoms with Crippen LogP contribution in [-0.4, -0.2) is 5.97 Å². The van der Waals surface area contributed by atoms with Crippen LogP contribution >= 0.6 is 0 Å². The van der Waals surface area contributed by atoms with E-state index in [4.69, 9.17) is 4.74 Å². The summed E-state index contributed by atoms with van der Waals surface area (Å²) in [5.74, 6) is 1.60. The van der Waals surface area contributed by atoms with E-state index in [1.165, 1.54) is 50.5 Å². The number of rotatable bonds is 8. The maximum Gasteiger partial charge on any atom is 0.314 e. The molecule has 0 bridgehead atoms. The molecule has 1 aliphatic rings. The van der Waals surface area contributed by atoms with Crippen molar-refractivity contribution < 1.29 is 9.53 Å². The summed E-state index contributed by atoms with van der Waals surface area (Å²) in [6, 6.07) is 8.05. The number of ether oxygens (including phenoxy) is 1. The number of carbonyl (C=O) groups excluding carboxylic acids is 1. The first kappa shape index (κ1) is 18.0. The highest BCUT2D eigenvalue weighted by atomic mass is 16.5. The van der Waals surface area contributed by atoms with Crippen LogP contribution in [0.4, 0.5) is 0 Å². The van der Waals surface area contributed by atoms with Crippen molar-refractivity contribution in [1.29, 1.82) is 0 Å². The van der Waals surface area contributed by atoms with Gasteiger partial charge in [0.25, 0.3) is 0 Å². The van der Waals surface area contributed by atoms with E-state index in [0.29, 0.717) is 5.75 Å². The highest BCUT2D eigenvalue weighted by Crippen LogP contribution is 2.32. The van der Waals surface area contributed by atoms with Crippen molar-refractivity contribution in [1.82, 2.24) is 0 Å². The molecule has 1 aromatic rings. The Hall–Kier alpha value is -1.31. The molecule has 0 unspecified atom stereocenters. The van der Waals surface area contributed by atoms with Crippen LogP contribution in [0.25, 0.3) is 0 Å². The van der Waals surface area contributed by atoms with E-state index in [1.54, 1.807) is 0 Å². The average Bonchev–Trinajstić information content (AvgIpc) is 2.59. The van der Waals surface area contributed by atoms with E-state index in [2.05, 4.69) is 26.0 Å². The molecule has 2 nitrogen and oxygen atoms in total. The van der Waals surface area contributed by atoms with Crippen LogP contribution in [0.1, 0.15) is 77.2 Å². The lowest BCUT2D eigenvalue weighted by Gasteiger charge is -2.27. The molecule has 0 amide bonds. The van der Waals surface area contributed by atoms with Gasteiger partial charge in [-0.1, -0.05) is 51.7 Å². The van der Waals surface area contributed by atoms with E-state index >= 15 is 0 Å². The van der Waals surface area contributed by atoms with Gasteiger partial charge in [0, 0.05) is 0 Å². The zero-order valence-corrected chi connectivity index (χ0v) is 14.9. The standard InChI is InChI=1S/C21H32O2/c1-3-5-7-17-9-13-19(14-10-17)21(22)23-20-15-11-18(12-16-20)8-6-4-2/h11-12,15-17,19H,3-10,13-14H2,1-2H3/t17-,19-. The van der Waals surface area contributed by atoms with Crippen molar-refractivity contribution in [2.45, 2.75) is 78.1 Å². The first-order chi connectivity index (χ1) is 11.2. The SMILES string of the molecule is CCCCc1ccc(OC(=O)[C@H]2CC[C@H](CCCC)CC2)cc1. The molecule has 0 atom stereocenters. The summed E-state index contributed by atoms with van der Waals surface area (Å²) in [6.07, 6.45) is 11.8. The molecule has 0 N–H and O–H groups in total. The number of hydrogen-bond acceptors (Lipinski definition) is 2. The van der Waals surface area contributed by atoms with Crippen LogP contribution in [0, 0.1) is 11.8 Å².